The molecule has 3 nitrogen and oxygen atoms in total. The number of hydrogen-bond acceptors (Lipinski definition) is 3. The predicted octanol–water partition coefficient (Wildman–Crippen LogP) is 1.37. The van der Waals surface area contributed by atoms with Gasteiger partial charge in [0.25, 0.3) is 0 Å². The first kappa shape index (κ1) is 11.8. The summed E-state index contributed by atoms with van der Waals surface area (Å²) >= 11 is 0. The van der Waals surface area contributed by atoms with Crippen LogP contribution in [0.1, 0.15) is 33.6 Å². The van der Waals surface area contributed by atoms with Crippen molar-refractivity contribution in [2.24, 2.45) is 5.92 Å². The standard InChI is InChI=1S/C13H21NO2/c1-8-9(2)13(14(4)5)7-6-12(3,16)11(13)10(8)15/h11,16H,6-7H2,1-5H3/t11?,12?,13-/m1/s1. The minimum absolute atomic E-state index is 0.133. The summed E-state index contributed by atoms with van der Waals surface area (Å²) in [7, 11) is 4.01. The van der Waals surface area contributed by atoms with Gasteiger partial charge in [0.15, 0.2) is 5.78 Å². The van der Waals surface area contributed by atoms with Gasteiger partial charge in [0, 0.05) is 0 Å². The summed E-state index contributed by atoms with van der Waals surface area (Å²) in [5.41, 5.74) is 0.884. The minimum atomic E-state index is -0.861. The Balaban J connectivity index is 2.60. The predicted molar refractivity (Wildman–Crippen MR) is 63.1 cm³/mol. The lowest BCUT2D eigenvalue weighted by Gasteiger charge is -2.40. The Bertz CT molecular complexity index is 381. The number of fused-ring (bicyclic) bond motifs is 1. The zero-order chi connectivity index (χ0) is 12.3. The van der Waals surface area contributed by atoms with Crippen molar-refractivity contribution < 1.29 is 9.90 Å². The van der Waals surface area contributed by atoms with Crippen molar-refractivity contribution in [1.82, 2.24) is 4.90 Å². The van der Waals surface area contributed by atoms with Crippen LogP contribution in [0.4, 0.5) is 0 Å². The molecule has 2 aliphatic rings. The van der Waals surface area contributed by atoms with Gasteiger partial charge in [-0.15, -0.1) is 0 Å². The summed E-state index contributed by atoms with van der Waals surface area (Å²) in [4.78, 5) is 14.4. The molecule has 1 N–H and O–H groups in total. The van der Waals surface area contributed by atoms with E-state index in [-0.39, 0.29) is 17.2 Å². The topological polar surface area (TPSA) is 40.5 Å². The van der Waals surface area contributed by atoms with E-state index in [4.69, 9.17) is 0 Å². The lowest BCUT2D eigenvalue weighted by Crippen LogP contribution is -2.52. The number of carbonyl (C=O) groups is 1. The first-order chi connectivity index (χ1) is 7.25. The molecule has 0 bridgehead atoms. The van der Waals surface area contributed by atoms with E-state index in [0.29, 0.717) is 6.42 Å². The highest BCUT2D eigenvalue weighted by molar-refractivity contribution is 6.03. The third-order valence-electron chi connectivity index (χ3n) is 4.75. The molecule has 3 heteroatoms. The largest absolute Gasteiger partial charge is 0.389 e. The average Bonchev–Trinajstić information content (AvgIpc) is 2.57. The highest BCUT2D eigenvalue weighted by Crippen LogP contribution is 2.55. The molecule has 0 spiro atoms. The zero-order valence-corrected chi connectivity index (χ0v) is 10.8. The molecule has 0 aromatic heterocycles. The van der Waals surface area contributed by atoms with Gasteiger partial charge in [0.05, 0.1) is 17.1 Å². The van der Waals surface area contributed by atoms with Crippen molar-refractivity contribution >= 4 is 5.78 Å². The lowest BCUT2D eigenvalue weighted by molar-refractivity contribution is -0.127. The Morgan fingerprint density at radius 2 is 1.88 bits per heavy atom. The first-order valence-corrected chi connectivity index (χ1v) is 5.87. The summed E-state index contributed by atoms with van der Waals surface area (Å²) in [6, 6.07) is 0. The van der Waals surface area contributed by atoms with Crippen LogP contribution in [0.2, 0.25) is 0 Å². The molecule has 90 valence electrons. The van der Waals surface area contributed by atoms with Crippen LogP contribution >= 0.6 is 0 Å². The third-order valence-corrected chi connectivity index (χ3v) is 4.75. The molecule has 2 aliphatic carbocycles. The van der Waals surface area contributed by atoms with Crippen LogP contribution in [0.3, 0.4) is 0 Å². The first-order valence-electron chi connectivity index (χ1n) is 5.87. The molecule has 0 aliphatic heterocycles. The zero-order valence-electron chi connectivity index (χ0n) is 10.8. The Labute approximate surface area is 97.1 Å². The van der Waals surface area contributed by atoms with Crippen LogP contribution in [0.5, 0.6) is 0 Å². The second kappa shape index (κ2) is 3.17. The van der Waals surface area contributed by atoms with Crippen LogP contribution in [-0.4, -0.2) is 41.0 Å². The minimum Gasteiger partial charge on any atom is -0.389 e. The maximum atomic E-state index is 12.3. The highest BCUT2D eigenvalue weighted by Gasteiger charge is 2.63. The summed E-state index contributed by atoms with van der Waals surface area (Å²) in [5.74, 6) is -0.149. The number of rotatable bonds is 1. The van der Waals surface area contributed by atoms with E-state index >= 15 is 0 Å². The molecule has 2 rings (SSSR count). The number of ketones is 1. The fraction of sp³-hybridized carbons (Fsp3) is 0.769. The molecule has 3 atom stereocenters. The van der Waals surface area contributed by atoms with E-state index in [1.54, 1.807) is 6.92 Å². The molecular weight excluding hydrogens is 202 g/mol. The van der Waals surface area contributed by atoms with E-state index in [1.807, 2.05) is 27.9 Å². The van der Waals surface area contributed by atoms with Gasteiger partial charge >= 0.3 is 0 Å². The molecular formula is C13H21NO2. The van der Waals surface area contributed by atoms with Crippen LogP contribution in [0, 0.1) is 5.92 Å². The van der Waals surface area contributed by atoms with Gasteiger partial charge < -0.3 is 5.11 Å². The molecule has 0 aromatic carbocycles. The van der Waals surface area contributed by atoms with Crippen LogP contribution in [-0.2, 0) is 4.79 Å². The molecule has 0 radical (unpaired) electrons. The van der Waals surface area contributed by atoms with Crippen molar-refractivity contribution in [1.29, 1.82) is 0 Å². The fourth-order valence-electron chi connectivity index (χ4n) is 3.69. The number of nitrogens with zero attached hydrogens (tertiary/aromatic N) is 1. The van der Waals surface area contributed by atoms with Gasteiger partial charge in [-0.1, -0.05) is 0 Å². The molecule has 1 fully saturated rings. The summed E-state index contributed by atoms with van der Waals surface area (Å²) < 4.78 is 0. The summed E-state index contributed by atoms with van der Waals surface area (Å²) in [6.45, 7) is 5.72. The maximum Gasteiger partial charge on any atom is 0.166 e. The van der Waals surface area contributed by atoms with E-state index in [1.165, 1.54) is 0 Å². The number of aliphatic hydroxyl groups is 1. The van der Waals surface area contributed by atoms with Crippen molar-refractivity contribution in [3.63, 3.8) is 0 Å². The Kier molecular flexibility index (Phi) is 2.34. The molecule has 0 aromatic rings. The number of allylic oxidation sites excluding steroid dienone is 1. The SMILES string of the molecule is CC1=C(C)[C@]2(N(C)C)CCC(C)(O)C2C1=O. The Hall–Kier alpha value is -0.670. The average molecular weight is 223 g/mol. The van der Waals surface area contributed by atoms with Crippen LogP contribution in [0.15, 0.2) is 11.1 Å². The van der Waals surface area contributed by atoms with Gasteiger partial charge in [0.2, 0.25) is 0 Å². The molecule has 0 amide bonds. The van der Waals surface area contributed by atoms with Crippen molar-refractivity contribution in [3.05, 3.63) is 11.1 Å². The molecule has 16 heavy (non-hydrogen) atoms. The molecule has 0 heterocycles. The number of carbonyl (C=O) groups excluding carboxylic acids is 1. The van der Waals surface area contributed by atoms with Gasteiger partial charge in [-0.25, -0.2) is 0 Å². The molecule has 1 saturated carbocycles. The van der Waals surface area contributed by atoms with E-state index < -0.39 is 5.60 Å². The Morgan fingerprint density at radius 1 is 1.31 bits per heavy atom. The van der Waals surface area contributed by atoms with Gasteiger partial charge in [0.1, 0.15) is 0 Å². The summed E-state index contributed by atoms with van der Waals surface area (Å²) in [5, 5.41) is 10.4. The number of likely N-dealkylation sites (N-methyl/N-ethyl adjacent to an activating group) is 1. The maximum absolute atomic E-state index is 12.3. The van der Waals surface area contributed by atoms with E-state index in [9.17, 15) is 9.90 Å². The van der Waals surface area contributed by atoms with Crippen molar-refractivity contribution in [2.45, 2.75) is 44.8 Å². The van der Waals surface area contributed by atoms with Gasteiger partial charge in [-0.05, 0) is 58.9 Å². The van der Waals surface area contributed by atoms with E-state index in [2.05, 4.69) is 4.90 Å². The van der Waals surface area contributed by atoms with Gasteiger partial charge in [-0.2, -0.15) is 0 Å². The van der Waals surface area contributed by atoms with Crippen LogP contribution in [0.25, 0.3) is 0 Å². The second-order valence-electron chi connectivity index (χ2n) is 5.72. The number of Topliss-reactive ketones (excluding diaryl/α,β-unsaturated/α-hetero) is 1. The Morgan fingerprint density at radius 3 is 2.31 bits per heavy atom. The number of hydrogen-bond donors (Lipinski definition) is 1. The quantitative estimate of drug-likeness (QED) is 0.730. The lowest BCUT2D eigenvalue weighted by atomic mass is 9.79. The fourth-order valence-corrected chi connectivity index (χ4v) is 3.69. The molecule has 2 unspecified atom stereocenters. The van der Waals surface area contributed by atoms with Gasteiger partial charge in [-0.3, -0.25) is 9.69 Å². The smallest absolute Gasteiger partial charge is 0.166 e. The monoisotopic (exact) mass is 223 g/mol. The van der Waals surface area contributed by atoms with Crippen molar-refractivity contribution in [3.8, 4) is 0 Å². The molecule has 0 saturated heterocycles. The van der Waals surface area contributed by atoms with E-state index in [0.717, 1.165) is 17.6 Å². The second-order valence-corrected chi connectivity index (χ2v) is 5.72. The normalized spacial score (nSPS) is 43.4. The van der Waals surface area contributed by atoms with Crippen molar-refractivity contribution in [2.75, 3.05) is 14.1 Å². The van der Waals surface area contributed by atoms with Crippen LogP contribution < -0.4 is 0 Å². The third kappa shape index (κ3) is 1.13. The summed E-state index contributed by atoms with van der Waals surface area (Å²) in [6.07, 6.45) is 1.57. The highest BCUT2D eigenvalue weighted by atomic mass is 16.3.